The number of ether oxygens (including phenoxy) is 2. The minimum Gasteiger partial charge on any atom is -0.394 e. The monoisotopic (exact) mass is 235 g/mol. The normalized spacial score (nSPS) is 39.4. The van der Waals surface area contributed by atoms with Crippen LogP contribution in [0.5, 0.6) is 0 Å². The Balaban J connectivity index is 2.78. The summed E-state index contributed by atoms with van der Waals surface area (Å²) in [6.45, 7) is 0.842. The fourth-order valence-corrected chi connectivity index (χ4v) is 1.76. The van der Waals surface area contributed by atoms with Gasteiger partial charge in [0, 0.05) is 14.0 Å². The maximum Gasteiger partial charge on any atom is 0.217 e. The zero-order valence-electron chi connectivity index (χ0n) is 9.16. The second kappa shape index (κ2) is 5.55. The van der Waals surface area contributed by atoms with Gasteiger partial charge in [-0.3, -0.25) is 4.79 Å². The average molecular weight is 235 g/mol. The van der Waals surface area contributed by atoms with Crippen molar-refractivity contribution < 1.29 is 29.6 Å². The highest BCUT2D eigenvalue weighted by molar-refractivity contribution is 5.73. The number of carbonyl (C=O) groups is 1. The predicted molar refractivity (Wildman–Crippen MR) is 52.4 cm³/mol. The molecule has 7 nitrogen and oxygen atoms in total. The maximum atomic E-state index is 10.9. The van der Waals surface area contributed by atoms with Crippen LogP contribution in [0.1, 0.15) is 6.92 Å². The van der Waals surface area contributed by atoms with Crippen molar-refractivity contribution >= 4 is 5.91 Å². The van der Waals surface area contributed by atoms with Gasteiger partial charge in [0.05, 0.1) is 6.61 Å². The lowest BCUT2D eigenvalue weighted by Crippen LogP contribution is -2.64. The first-order chi connectivity index (χ1) is 7.51. The standard InChI is InChI=1S/C9H17NO6/c1-4(12)10-6-8(15-2)7(13)5(3-11)16-9(6)14/h5-9,11,13-14H,3H2,1-2H3,(H,10,12)/t5?,6-,7+,8+,9-/m0/s1. The molecule has 1 amide bonds. The summed E-state index contributed by atoms with van der Waals surface area (Å²) in [7, 11) is 1.34. The van der Waals surface area contributed by atoms with Gasteiger partial charge in [0.1, 0.15) is 24.4 Å². The molecule has 94 valence electrons. The van der Waals surface area contributed by atoms with Gasteiger partial charge in [-0.05, 0) is 0 Å². The van der Waals surface area contributed by atoms with E-state index >= 15 is 0 Å². The van der Waals surface area contributed by atoms with Gasteiger partial charge in [-0.25, -0.2) is 0 Å². The van der Waals surface area contributed by atoms with Crippen LogP contribution in [0.3, 0.4) is 0 Å². The fraction of sp³-hybridized carbons (Fsp3) is 0.889. The second-order valence-corrected chi connectivity index (χ2v) is 3.66. The van der Waals surface area contributed by atoms with E-state index < -0.39 is 37.3 Å². The Morgan fingerprint density at radius 2 is 2.12 bits per heavy atom. The number of aliphatic hydroxyl groups excluding tert-OH is 3. The number of nitrogens with one attached hydrogen (secondary N) is 1. The van der Waals surface area contributed by atoms with Crippen molar-refractivity contribution in [2.45, 2.75) is 37.6 Å². The van der Waals surface area contributed by atoms with Crippen molar-refractivity contribution in [1.82, 2.24) is 5.32 Å². The SMILES string of the molecule is CO[C@@H]1[C@H](NC(C)=O)[C@@H](O)OC(CO)[C@H]1O. The third-order valence-electron chi connectivity index (χ3n) is 2.51. The summed E-state index contributed by atoms with van der Waals surface area (Å²) in [4.78, 5) is 10.9. The van der Waals surface area contributed by atoms with Crippen LogP contribution < -0.4 is 5.32 Å². The number of carbonyl (C=O) groups excluding carboxylic acids is 1. The van der Waals surface area contributed by atoms with Gasteiger partial charge >= 0.3 is 0 Å². The number of methoxy groups -OCH3 is 1. The van der Waals surface area contributed by atoms with Gasteiger partial charge < -0.3 is 30.1 Å². The van der Waals surface area contributed by atoms with E-state index in [4.69, 9.17) is 14.6 Å². The topological polar surface area (TPSA) is 108 Å². The van der Waals surface area contributed by atoms with E-state index in [0.717, 1.165) is 0 Å². The van der Waals surface area contributed by atoms with Crippen LogP contribution in [0.15, 0.2) is 0 Å². The molecule has 0 aromatic heterocycles. The van der Waals surface area contributed by atoms with Crippen LogP contribution in [0, 0.1) is 0 Å². The largest absolute Gasteiger partial charge is 0.394 e. The summed E-state index contributed by atoms with van der Waals surface area (Å²) in [5.41, 5.74) is 0. The van der Waals surface area contributed by atoms with E-state index in [0.29, 0.717) is 0 Å². The lowest BCUT2D eigenvalue weighted by molar-refractivity contribution is -0.258. The Morgan fingerprint density at radius 3 is 2.56 bits per heavy atom. The van der Waals surface area contributed by atoms with E-state index in [-0.39, 0.29) is 5.91 Å². The van der Waals surface area contributed by atoms with E-state index in [2.05, 4.69) is 5.32 Å². The third kappa shape index (κ3) is 2.69. The molecule has 0 radical (unpaired) electrons. The molecule has 16 heavy (non-hydrogen) atoms. The van der Waals surface area contributed by atoms with Crippen molar-refractivity contribution in [3.63, 3.8) is 0 Å². The highest BCUT2D eigenvalue weighted by atomic mass is 16.6. The first kappa shape index (κ1) is 13.3. The summed E-state index contributed by atoms with van der Waals surface area (Å²) in [5.74, 6) is -0.371. The van der Waals surface area contributed by atoms with Crippen LogP contribution in [-0.2, 0) is 14.3 Å². The van der Waals surface area contributed by atoms with Crippen molar-refractivity contribution in [2.75, 3.05) is 13.7 Å². The first-order valence-electron chi connectivity index (χ1n) is 4.93. The van der Waals surface area contributed by atoms with E-state index in [1.54, 1.807) is 0 Å². The average Bonchev–Trinajstić information content (AvgIpc) is 2.23. The fourth-order valence-electron chi connectivity index (χ4n) is 1.76. The molecular weight excluding hydrogens is 218 g/mol. The highest BCUT2D eigenvalue weighted by Crippen LogP contribution is 2.21. The zero-order valence-corrected chi connectivity index (χ0v) is 9.16. The van der Waals surface area contributed by atoms with Crippen molar-refractivity contribution in [3.05, 3.63) is 0 Å². The Hall–Kier alpha value is -0.730. The van der Waals surface area contributed by atoms with Gasteiger partial charge in [-0.15, -0.1) is 0 Å². The quantitative estimate of drug-likeness (QED) is 0.433. The molecule has 0 bridgehead atoms. The third-order valence-corrected chi connectivity index (χ3v) is 2.51. The van der Waals surface area contributed by atoms with Gasteiger partial charge in [0.25, 0.3) is 0 Å². The molecule has 0 spiro atoms. The molecule has 1 fully saturated rings. The summed E-state index contributed by atoms with van der Waals surface area (Å²) < 4.78 is 9.96. The molecule has 1 saturated heterocycles. The molecule has 1 aliphatic heterocycles. The van der Waals surface area contributed by atoms with Gasteiger partial charge in [0.2, 0.25) is 5.91 Å². The second-order valence-electron chi connectivity index (χ2n) is 3.66. The summed E-state index contributed by atoms with van der Waals surface area (Å²) in [6, 6.07) is -0.861. The smallest absolute Gasteiger partial charge is 0.217 e. The molecule has 1 unspecified atom stereocenters. The Bertz CT molecular complexity index is 248. The minimum atomic E-state index is -1.32. The van der Waals surface area contributed by atoms with E-state index in [1.165, 1.54) is 14.0 Å². The van der Waals surface area contributed by atoms with Crippen molar-refractivity contribution in [1.29, 1.82) is 0 Å². The molecule has 7 heteroatoms. The highest BCUT2D eigenvalue weighted by Gasteiger charge is 2.45. The lowest BCUT2D eigenvalue weighted by atomic mass is 9.97. The van der Waals surface area contributed by atoms with Crippen LogP contribution >= 0.6 is 0 Å². The molecule has 0 aliphatic carbocycles. The Labute approximate surface area is 93.0 Å². The molecule has 0 aromatic rings. The van der Waals surface area contributed by atoms with E-state index in [9.17, 15) is 15.0 Å². The lowest BCUT2D eigenvalue weighted by Gasteiger charge is -2.41. The summed E-state index contributed by atoms with van der Waals surface area (Å²) in [5, 5.41) is 30.7. The predicted octanol–water partition coefficient (Wildman–Crippen LogP) is -2.42. The number of aliphatic hydroxyl groups is 3. The molecule has 1 rings (SSSR count). The van der Waals surface area contributed by atoms with Crippen LogP contribution in [0.4, 0.5) is 0 Å². The molecule has 5 atom stereocenters. The molecule has 4 N–H and O–H groups in total. The van der Waals surface area contributed by atoms with Gasteiger partial charge in [-0.2, -0.15) is 0 Å². The van der Waals surface area contributed by atoms with Crippen molar-refractivity contribution in [2.24, 2.45) is 0 Å². The van der Waals surface area contributed by atoms with Crippen LogP contribution in [0.2, 0.25) is 0 Å². The number of hydrogen-bond donors (Lipinski definition) is 4. The van der Waals surface area contributed by atoms with Gasteiger partial charge in [-0.1, -0.05) is 0 Å². The first-order valence-corrected chi connectivity index (χ1v) is 4.93. The van der Waals surface area contributed by atoms with Crippen molar-refractivity contribution in [3.8, 4) is 0 Å². The zero-order chi connectivity index (χ0) is 12.3. The Morgan fingerprint density at radius 1 is 1.50 bits per heavy atom. The molecule has 1 aliphatic rings. The summed E-state index contributed by atoms with van der Waals surface area (Å²) >= 11 is 0. The minimum absolute atomic E-state index is 0.371. The van der Waals surface area contributed by atoms with Gasteiger partial charge in [0.15, 0.2) is 6.29 Å². The Kier molecular flexibility index (Phi) is 4.63. The van der Waals surface area contributed by atoms with Crippen LogP contribution in [-0.4, -0.2) is 65.6 Å². The molecule has 0 saturated carbocycles. The molecular formula is C9H17NO6. The number of hydrogen-bond acceptors (Lipinski definition) is 6. The van der Waals surface area contributed by atoms with E-state index in [1.807, 2.05) is 0 Å². The maximum absolute atomic E-state index is 10.9. The molecule has 1 heterocycles. The number of rotatable bonds is 3. The summed E-state index contributed by atoms with van der Waals surface area (Å²) in [6.07, 6.45) is -4.19. The van der Waals surface area contributed by atoms with Crippen LogP contribution in [0.25, 0.3) is 0 Å². The molecule has 0 aromatic carbocycles. The number of amides is 1.